The Morgan fingerprint density at radius 3 is 2.46 bits per heavy atom. The van der Waals surface area contributed by atoms with E-state index in [9.17, 15) is 9.18 Å². The molecule has 0 saturated carbocycles. The Bertz CT molecular complexity index is 951. The van der Waals surface area contributed by atoms with Crippen LogP contribution in [0.1, 0.15) is 31.3 Å². The molecule has 3 aromatic rings. The van der Waals surface area contributed by atoms with E-state index in [1.165, 1.54) is 29.0 Å². The fraction of sp³-hybridized carbons (Fsp3) is 0.250. The van der Waals surface area contributed by atoms with Gasteiger partial charge in [0, 0.05) is 0 Å². The highest BCUT2D eigenvalue weighted by atomic mass is 32.1. The molecule has 8 heteroatoms. The third-order valence-electron chi connectivity index (χ3n) is 3.89. The number of ether oxygens (including phenoxy) is 1. The Morgan fingerprint density at radius 1 is 1.07 bits per heavy atom. The summed E-state index contributed by atoms with van der Waals surface area (Å²) in [7, 11) is 0. The maximum Gasteiger partial charge on any atom is 0.325 e. The van der Waals surface area contributed by atoms with Crippen LogP contribution in [0.5, 0.6) is 5.75 Å². The van der Waals surface area contributed by atoms with Crippen LogP contribution in [0.4, 0.5) is 20.0 Å². The number of aromatic nitrogens is 2. The maximum absolute atomic E-state index is 13.6. The molecule has 0 saturated heterocycles. The van der Waals surface area contributed by atoms with Crippen molar-refractivity contribution in [2.45, 2.75) is 32.8 Å². The van der Waals surface area contributed by atoms with Crippen molar-refractivity contribution in [2.24, 2.45) is 0 Å². The van der Waals surface area contributed by atoms with Crippen molar-refractivity contribution < 1.29 is 13.9 Å². The van der Waals surface area contributed by atoms with Crippen molar-refractivity contribution in [1.29, 1.82) is 0 Å². The van der Waals surface area contributed by atoms with Crippen molar-refractivity contribution in [3.8, 4) is 5.75 Å². The maximum atomic E-state index is 13.6. The van der Waals surface area contributed by atoms with Crippen LogP contribution in [-0.4, -0.2) is 16.2 Å². The molecule has 0 aliphatic carbocycles. The number of carbonyl (C=O) groups excluding carboxylic acids is 1. The molecule has 0 bridgehead atoms. The van der Waals surface area contributed by atoms with Gasteiger partial charge in [-0.1, -0.05) is 56.4 Å². The zero-order valence-electron chi connectivity index (χ0n) is 15.8. The molecule has 0 spiro atoms. The van der Waals surface area contributed by atoms with E-state index >= 15 is 0 Å². The van der Waals surface area contributed by atoms with Gasteiger partial charge in [0.15, 0.2) is 5.01 Å². The highest BCUT2D eigenvalue weighted by Gasteiger charge is 2.14. The Labute approximate surface area is 166 Å². The van der Waals surface area contributed by atoms with Crippen molar-refractivity contribution in [3.05, 3.63) is 64.9 Å². The third kappa shape index (κ3) is 5.26. The van der Waals surface area contributed by atoms with Crippen LogP contribution in [0.2, 0.25) is 0 Å². The van der Waals surface area contributed by atoms with Crippen molar-refractivity contribution >= 4 is 28.2 Å². The second-order valence-corrected chi connectivity index (χ2v) is 8.19. The third-order valence-corrected chi connectivity index (χ3v) is 4.70. The van der Waals surface area contributed by atoms with E-state index in [0.29, 0.717) is 10.1 Å². The lowest BCUT2D eigenvalue weighted by Gasteiger charge is -2.19. The second-order valence-electron chi connectivity index (χ2n) is 7.12. The highest BCUT2D eigenvalue weighted by molar-refractivity contribution is 7.15. The number of halogens is 1. The summed E-state index contributed by atoms with van der Waals surface area (Å²) < 4.78 is 19.3. The first kappa shape index (κ1) is 19.8. The van der Waals surface area contributed by atoms with Gasteiger partial charge < -0.3 is 10.1 Å². The average Bonchev–Trinajstić information content (AvgIpc) is 3.09. The van der Waals surface area contributed by atoms with Gasteiger partial charge in [0.05, 0.1) is 5.69 Å². The number of carbonyl (C=O) groups is 1. The van der Waals surface area contributed by atoms with Crippen LogP contribution in [-0.2, 0) is 12.0 Å². The lowest BCUT2D eigenvalue weighted by Crippen LogP contribution is -2.19. The quantitative estimate of drug-likeness (QED) is 0.617. The fourth-order valence-corrected chi connectivity index (χ4v) is 3.02. The van der Waals surface area contributed by atoms with Crippen LogP contribution in [0, 0.1) is 5.82 Å². The zero-order chi connectivity index (χ0) is 20.1. The summed E-state index contributed by atoms with van der Waals surface area (Å²) in [6.45, 7) is 6.70. The van der Waals surface area contributed by atoms with Gasteiger partial charge in [-0.3, -0.25) is 5.32 Å². The van der Waals surface area contributed by atoms with Crippen LogP contribution in [0.15, 0.2) is 48.5 Å². The van der Waals surface area contributed by atoms with Gasteiger partial charge in [-0.2, -0.15) is 0 Å². The van der Waals surface area contributed by atoms with E-state index in [1.807, 2.05) is 24.3 Å². The van der Waals surface area contributed by atoms with E-state index in [-0.39, 0.29) is 17.7 Å². The first-order valence-corrected chi connectivity index (χ1v) is 9.51. The number of anilines is 2. The summed E-state index contributed by atoms with van der Waals surface area (Å²) in [6, 6.07) is 13.2. The molecule has 0 radical (unpaired) electrons. The molecule has 2 aromatic carbocycles. The lowest BCUT2D eigenvalue weighted by atomic mass is 9.87. The molecule has 2 N–H and O–H groups in total. The van der Waals surface area contributed by atoms with E-state index in [0.717, 1.165) is 5.75 Å². The number of urea groups is 1. The lowest BCUT2D eigenvalue weighted by molar-refractivity contribution is 0.262. The van der Waals surface area contributed by atoms with E-state index in [2.05, 4.69) is 41.6 Å². The first-order valence-electron chi connectivity index (χ1n) is 8.69. The molecule has 0 atom stereocenters. The number of amides is 2. The molecule has 3 rings (SSSR count). The van der Waals surface area contributed by atoms with Crippen molar-refractivity contribution in [3.63, 3.8) is 0 Å². The van der Waals surface area contributed by atoms with Gasteiger partial charge >= 0.3 is 6.03 Å². The average molecular weight is 400 g/mol. The molecule has 0 fully saturated rings. The van der Waals surface area contributed by atoms with Crippen LogP contribution < -0.4 is 15.4 Å². The summed E-state index contributed by atoms with van der Waals surface area (Å²) in [6.07, 6.45) is 0. The molecule has 146 valence electrons. The predicted molar refractivity (Wildman–Crippen MR) is 108 cm³/mol. The van der Waals surface area contributed by atoms with Gasteiger partial charge in [-0.25, -0.2) is 9.18 Å². The molecular weight excluding hydrogens is 379 g/mol. The Hall–Kier alpha value is -3.00. The van der Waals surface area contributed by atoms with Crippen LogP contribution in [0.25, 0.3) is 0 Å². The summed E-state index contributed by atoms with van der Waals surface area (Å²) in [4.78, 5) is 12.0. The van der Waals surface area contributed by atoms with Gasteiger partial charge in [0.1, 0.15) is 18.2 Å². The van der Waals surface area contributed by atoms with Gasteiger partial charge in [-0.05, 0) is 35.2 Å². The minimum absolute atomic E-state index is 0.0849. The first-order chi connectivity index (χ1) is 13.3. The molecule has 2 amide bonds. The number of rotatable bonds is 5. The molecule has 1 aromatic heterocycles. The van der Waals surface area contributed by atoms with Crippen LogP contribution in [0.3, 0.4) is 0 Å². The van der Waals surface area contributed by atoms with Gasteiger partial charge in [0.2, 0.25) is 5.13 Å². The predicted octanol–water partition coefficient (Wildman–Crippen LogP) is 5.20. The van der Waals surface area contributed by atoms with Gasteiger partial charge in [-0.15, -0.1) is 10.2 Å². The van der Waals surface area contributed by atoms with Crippen LogP contribution >= 0.6 is 11.3 Å². The molecule has 1 heterocycles. The number of nitrogens with zero attached hydrogens (tertiary/aromatic N) is 2. The SMILES string of the molecule is CC(C)(C)c1ccc(OCc2nnc(NC(=O)Nc3ccccc3F)s2)cc1. The number of hydrogen-bond donors (Lipinski definition) is 2. The van der Waals surface area contributed by atoms with E-state index in [4.69, 9.17) is 4.74 Å². The Kier molecular flexibility index (Phi) is 5.89. The van der Waals surface area contributed by atoms with E-state index < -0.39 is 11.8 Å². The summed E-state index contributed by atoms with van der Waals surface area (Å²) in [5, 5.41) is 13.8. The second kappa shape index (κ2) is 8.35. The molecule has 0 aliphatic heterocycles. The zero-order valence-corrected chi connectivity index (χ0v) is 16.6. The molecule has 6 nitrogen and oxygen atoms in total. The molecular formula is C20H21FN4O2S. The molecule has 0 aliphatic rings. The molecule has 28 heavy (non-hydrogen) atoms. The normalized spacial score (nSPS) is 11.1. The fourth-order valence-electron chi connectivity index (χ4n) is 2.37. The van der Waals surface area contributed by atoms with Crippen molar-refractivity contribution in [2.75, 3.05) is 10.6 Å². The molecule has 0 unspecified atom stereocenters. The summed E-state index contributed by atoms with van der Waals surface area (Å²) in [5.74, 6) is 0.219. The monoisotopic (exact) mass is 400 g/mol. The smallest absolute Gasteiger partial charge is 0.325 e. The number of hydrogen-bond acceptors (Lipinski definition) is 5. The minimum atomic E-state index is -0.591. The largest absolute Gasteiger partial charge is 0.486 e. The summed E-state index contributed by atoms with van der Waals surface area (Å²) in [5.41, 5.74) is 1.40. The Balaban J connectivity index is 1.53. The standard InChI is InChI=1S/C20H21FN4O2S/c1-20(2,3)13-8-10-14(11-9-13)27-12-17-24-25-19(28-17)23-18(26)22-16-7-5-4-6-15(16)21/h4-11H,12H2,1-3H3,(H2,22,23,25,26). The van der Waals surface area contributed by atoms with Gasteiger partial charge in [0.25, 0.3) is 0 Å². The Morgan fingerprint density at radius 2 is 1.79 bits per heavy atom. The van der Waals surface area contributed by atoms with Crippen molar-refractivity contribution in [1.82, 2.24) is 10.2 Å². The number of benzene rings is 2. The topological polar surface area (TPSA) is 76.1 Å². The number of nitrogens with one attached hydrogen (secondary N) is 2. The summed E-state index contributed by atoms with van der Waals surface area (Å²) >= 11 is 1.19. The highest BCUT2D eigenvalue weighted by Crippen LogP contribution is 2.25. The van der Waals surface area contributed by atoms with E-state index in [1.54, 1.807) is 12.1 Å². The minimum Gasteiger partial charge on any atom is -0.486 e. The number of para-hydroxylation sites is 1.